The van der Waals surface area contributed by atoms with E-state index in [4.69, 9.17) is 0 Å². The molecular weight excluding hydrogens is 349 g/mol. The average molecular weight is 367 g/mol. The summed E-state index contributed by atoms with van der Waals surface area (Å²) in [6.07, 6.45) is 4.77. The lowest BCUT2D eigenvalue weighted by molar-refractivity contribution is 0.104. The van der Waals surface area contributed by atoms with Crippen LogP contribution >= 0.6 is 0 Å². The number of aromatic nitrogens is 1. The van der Waals surface area contributed by atoms with Crippen molar-refractivity contribution in [3.8, 4) is 0 Å². The lowest BCUT2D eigenvalue weighted by Crippen LogP contribution is -1.97. The standard InChI is InChI=1S/C25H18FNO/c26-21-11-9-17(10-12-21)15-27-16-20(22-6-3-4-8-24(22)27)14-19-13-18-5-1-2-7-23(18)25(19)28/h1-12,14,16H,13,15H2/b19-14+. The third-order valence-corrected chi connectivity index (χ3v) is 5.35. The molecule has 4 aromatic rings. The van der Waals surface area contributed by atoms with E-state index in [2.05, 4.69) is 22.9 Å². The highest BCUT2D eigenvalue weighted by Crippen LogP contribution is 2.30. The number of allylic oxidation sites excluding steroid dienone is 1. The molecule has 0 radical (unpaired) electrons. The number of rotatable bonds is 3. The minimum atomic E-state index is -0.231. The maximum Gasteiger partial charge on any atom is 0.189 e. The Kier molecular flexibility index (Phi) is 3.94. The number of hydrogen-bond donors (Lipinski definition) is 0. The van der Waals surface area contributed by atoms with E-state index in [1.54, 1.807) is 12.1 Å². The first-order valence-corrected chi connectivity index (χ1v) is 9.34. The van der Waals surface area contributed by atoms with Gasteiger partial charge in [-0.1, -0.05) is 54.6 Å². The molecular formula is C25H18FNO. The zero-order valence-electron chi connectivity index (χ0n) is 15.2. The Morgan fingerprint density at radius 2 is 1.68 bits per heavy atom. The number of ketones is 1. The van der Waals surface area contributed by atoms with Gasteiger partial charge >= 0.3 is 0 Å². The van der Waals surface area contributed by atoms with Crippen LogP contribution in [0, 0.1) is 5.82 Å². The number of fused-ring (bicyclic) bond motifs is 2. The molecule has 0 amide bonds. The van der Waals surface area contributed by atoms with E-state index in [1.165, 1.54) is 12.1 Å². The van der Waals surface area contributed by atoms with Crippen molar-refractivity contribution in [1.82, 2.24) is 4.57 Å². The topological polar surface area (TPSA) is 22.0 Å². The van der Waals surface area contributed by atoms with Crippen LogP contribution in [0.5, 0.6) is 0 Å². The van der Waals surface area contributed by atoms with E-state index in [1.807, 2.05) is 42.5 Å². The van der Waals surface area contributed by atoms with E-state index in [9.17, 15) is 9.18 Å². The van der Waals surface area contributed by atoms with E-state index >= 15 is 0 Å². The highest BCUT2D eigenvalue weighted by Gasteiger charge is 2.24. The molecule has 3 aromatic carbocycles. The van der Waals surface area contributed by atoms with Gasteiger partial charge in [0.15, 0.2) is 5.78 Å². The first-order valence-electron chi connectivity index (χ1n) is 9.34. The maximum absolute atomic E-state index is 13.2. The van der Waals surface area contributed by atoms with Gasteiger partial charge in [-0.2, -0.15) is 0 Å². The van der Waals surface area contributed by atoms with Crippen molar-refractivity contribution in [2.24, 2.45) is 0 Å². The largest absolute Gasteiger partial charge is 0.342 e. The Labute approximate surface area is 162 Å². The van der Waals surface area contributed by atoms with Crippen LogP contribution in [0.2, 0.25) is 0 Å². The van der Waals surface area contributed by atoms with Crippen LogP contribution in [0.25, 0.3) is 17.0 Å². The van der Waals surface area contributed by atoms with Crippen LogP contribution in [0.4, 0.5) is 4.39 Å². The highest BCUT2D eigenvalue weighted by molar-refractivity contribution is 6.16. The Morgan fingerprint density at radius 3 is 2.50 bits per heavy atom. The van der Waals surface area contributed by atoms with Crippen LogP contribution in [-0.4, -0.2) is 10.4 Å². The zero-order valence-corrected chi connectivity index (χ0v) is 15.2. The van der Waals surface area contributed by atoms with Gasteiger partial charge < -0.3 is 4.57 Å². The Bertz CT molecular complexity index is 1230. The van der Waals surface area contributed by atoms with E-state index < -0.39 is 0 Å². The number of para-hydroxylation sites is 1. The summed E-state index contributed by atoms with van der Waals surface area (Å²) in [6, 6.07) is 22.6. The highest BCUT2D eigenvalue weighted by atomic mass is 19.1. The van der Waals surface area contributed by atoms with E-state index in [0.717, 1.165) is 38.7 Å². The molecule has 0 aliphatic heterocycles. The molecule has 136 valence electrons. The number of carbonyl (C=O) groups is 1. The molecule has 1 aliphatic carbocycles. The van der Waals surface area contributed by atoms with Crippen molar-refractivity contribution in [2.45, 2.75) is 13.0 Å². The lowest BCUT2D eigenvalue weighted by atomic mass is 10.1. The molecule has 1 aromatic heterocycles. The fraction of sp³-hybridized carbons (Fsp3) is 0.0800. The molecule has 0 fully saturated rings. The van der Waals surface area contributed by atoms with Gasteiger partial charge in [-0.15, -0.1) is 0 Å². The molecule has 0 atom stereocenters. The van der Waals surface area contributed by atoms with E-state index in [0.29, 0.717) is 13.0 Å². The van der Waals surface area contributed by atoms with Crippen molar-refractivity contribution in [2.75, 3.05) is 0 Å². The van der Waals surface area contributed by atoms with Crippen molar-refractivity contribution in [3.05, 3.63) is 113 Å². The molecule has 28 heavy (non-hydrogen) atoms. The molecule has 2 nitrogen and oxygen atoms in total. The fourth-order valence-electron chi connectivity index (χ4n) is 3.97. The Balaban J connectivity index is 1.56. The Morgan fingerprint density at radius 1 is 0.929 bits per heavy atom. The van der Waals surface area contributed by atoms with Gasteiger partial charge in [0.1, 0.15) is 5.82 Å². The molecule has 5 rings (SSSR count). The van der Waals surface area contributed by atoms with Crippen LogP contribution in [0.15, 0.2) is 84.6 Å². The summed E-state index contributed by atoms with van der Waals surface area (Å²) in [4.78, 5) is 12.8. The summed E-state index contributed by atoms with van der Waals surface area (Å²) in [7, 11) is 0. The summed E-state index contributed by atoms with van der Waals surface area (Å²) in [6.45, 7) is 0.651. The number of hydrogen-bond acceptors (Lipinski definition) is 1. The Hall–Kier alpha value is -3.46. The molecule has 1 aliphatic rings. The smallest absolute Gasteiger partial charge is 0.189 e. The normalized spacial score (nSPS) is 14.8. The third-order valence-electron chi connectivity index (χ3n) is 5.35. The van der Waals surface area contributed by atoms with Crippen molar-refractivity contribution >= 4 is 22.8 Å². The summed E-state index contributed by atoms with van der Waals surface area (Å²) in [5.74, 6) is -0.114. The lowest BCUT2D eigenvalue weighted by Gasteiger charge is -2.05. The van der Waals surface area contributed by atoms with Crippen LogP contribution in [0.3, 0.4) is 0 Å². The second-order valence-corrected chi connectivity index (χ2v) is 7.19. The van der Waals surface area contributed by atoms with Crippen LogP contribution in [-0.2, 0) is 13.0 Å². The third kappa shape index (κ3) is 2.85. The first kappa shape index (κ1) is 16.7. The predicted octanol–water partition coefficient (Wildman–Crippen LogP) is 5.65. The summed E-state index contributed by atoms with van der Waals surface area (Å²) >= 11 is 0. The van der Waals surface area contributed by atoms with Gasteiger partial charge in [-0.05, 0) is 35.4 Å². The summed E-state index contributed by atoms with van der Waals surface area (Å²) < 4.78 is 15.4. The van der Waals surface area contributed by atoms with Crippen molar-refractivity contribution in [3.63, 3.8) is 0 Å². The maximum atomic E-state index is 13.2. The van der Waals surface area contributed by atoms with Crippen molar-refractivity contribution in [1.29, 1.82) is 0 Å². The van der Waals surface area contributed by atoms with Crippen LogP contribution in [0.1, 0.15) is 27.0 Å². The fourth-order valence-corrected chi connectivity index (χ4v) is 3.97. The molecule has 0 saturated carbocycles. The number of halogens is 1. The number of Topliss-reactive ketones (excluding diaryl/α,β-unsaturated/α-hetero) is 1. The van der Waals surface area contributed by atoms with Crippen molar-refractivity contribution < 1.29 is 9.18 Å². The second-order valence-electron chi connectivity index (χ2n) is 7.19. The molecule has 1 heterocycles. The molecule has 0 bridgehead atoms. The minimum absolute atomic E-state index is 0.117. The molecule has 0 N–H and O–H groups in total. The van der Waals surface area contributed by atoms with Gasteiger partial charge in [0.05, 0.1) is 0 Å². The minimum Gasteiger partial charge on any atom is -0.342 e. The zero-order chi connectivity index (χ0) is 19.1. The van der Waals surface area contributed by atoms with Crippen LogP contribution < -0.4 is 0 Å². The molecule has 0 spiro atoms. The summed E-state index contributed by atoms with van der Waals surface area (Å²) in [5.41, 5.74) is 5.89. The molecule has 0 saturated heterocycles. The SMILES string of the molecule is O=C1/C(=C/c2cn(Cc3ccc(F)cc3)c3ccccc23)Cc2ccccc21. The van der Waals surface area contributed by atoms with Gasteiger partial charge in [0.25, 0.3) is 0 Å². The number of benzene rings is 3. The number of carbonyl (C=O) groups excluding carboxylic acids is 1. The monoisotopic (exact) mass is 367 g/mol. The molecule has 3 heteroatoms. The quantitative estimate of drug-likeness (QED) is 0.429. The second kappa shape index (κ2) is 6.61. The number of nitrogens with zero attached hydrogens (tertiary/aromatic N) is 1. The van der Waals surface area contributed by atoms with Gasteiger partial charge in [-0.25, -0.2) is 4.39 Å². The average Bonchev–Trinajstić information content (AvgIpc) is 3.22. The summed E-state index contributed by atoms with van der Waals surface area (Å²) in [5, 5.41) is 1.11. The first-order chi connectivity index (χ1) is 13.7. The van der Waals surface area contributed by atoms with E-state index in [-0.39, 0.29) is 11.6 Å². The van der Waals surface area contributed by atoms with Gasteiger partial charge in [-0.3, -0.25) is 4.79 Å². The van der Waals surface area contributed by atoms with Gasteiger partial charge in [0, 0.05) is 46.8 Å². The van der Waals surface area contributed by atoms with Gasteiger partial charge in [0.2, 0.25) is 0 Å². The molecule has 0 unspecified atom stereocenters. The predicted molar refractivity (Wildman–Crippen MR) is 110 cm³/mol.